The maximum atomic E-state index is 12.8. The molecule has 1 amide bonds. The summed E-state index contributed by atoms with van der Waals surface area (Å²) in [6, 6.07) is 8.49. The van der Waals surface area contributed by atoms with Crippen molar-refractivity contribution in [1.82, 2.24) is 4.98 Å². The van der Waals surface area contributed by atoms with Crippen molar-refractivity contribution < 1.29 is 14.7 Å². The van der Waals surface area contributed by atoms with Gasteiger partial charge in [0, 0.05) is 34.5 Å². The minimum absolute atomic E-state index is 0.292. The third kappa shape index (κ3) is 2.76. The van der Waals surface area contributed by atoms with E-state index in [0.29, 0.717) is 23.4 Å². The van der Waals surface area contributed by atoms with E-state index in [2.05, 4.69) is 20.9 Å². The number of aromatic nitrogens is 1. The van der Waals surface area contributed by atoms with Gasteiger partial charge < -0.3 is 10.0 Å². The second kappa shape index (κ2) is 6.45. The Hall–Kier alpha value is -2.05. The molecule has 24 heavy (non-hydrogen) atoms. The predicted molar refractivity (Wildman–Crippen MR) is 93.9 cm³/mol. The molecule has 124 valence electrons. The zero-order valence-corrected chi connectivity index (χ0v) is 14.8. The van der Waals surface area contributed by atoms with E-state index in [0.717, 1.165) is 10.9 Å². The molecule has 5 nitrogen and oxygen atoms in total. The Bertz CT molecular complexity index is 794. The van der Waals surface area contributed by atoms with E-state index in [-0.39, 0.29) is 12.2 Å². The van der Waals surface area contributed by atoms with Crippen LogP contribution in [-0.2, 0) is 10.4 Å². The molecule has 1 aromatic heterocycles. The number of nitrogens with zero attached hydrogens (tertiary/aromatic N) is 2. The highest BCUT2D eigenvalue weighted by Crippen LogP contribution is 2.44. The van der Waals surface area contributed by atoms with Crippen molar-refractivity contribution in [2.24, 2.45) is 0 Å². The molecule has 0 radical (unpaired) electrons. The first-order valence-electron chi connectivity index (χ1n) is 7.75. The molecule has 1 atom stereocenters. The summed E-state index contributed by atoms with van der Waals surface area (Å²) in [5.41, 5.74) is -0.279. The number of pyridine rings is 1. The molecule has 0 saturated carbocycles. The van der Waals surface area contributed by atoms with Gasteiger partial charge >= 0.3 is 0 Å². The Morgan fingerprint density at radius 1 is 1.29 bits per heavy atom. The number of ketones is 1. The van der Waals surface area contributed by atoms with Crippen LogP contribution in [0.4, 0.5) is 5.69 Å². The molecule has 0 fully saturated rings. The maximum absolute atomic E-state index is 12.8. The van der Waals surface area contributed by atoms with Crippen molar-refractivity contribution in [1.29, 1.82) is 0 Å². The number of halogens is 1. The molecule has 3 rings (SSSR count). The standard InChI is InChI=1S/C18H17BrN2O3/c1-2-9-21-15-4-3-13(19)10-14(15)18(24,17(21)23)11-16(22)12-5-7-20-8-6-12/h3-8,10,24H,2,9,11H2,1H3/t18-/m1/s1. The molecule has 0 saturated heterocycles. The Morgan fingerprint density at radius 3 is 2.67 bits per heavy atom. The molecule has 1 aliphatic heterocycles. The molecule has 0 spiro atoms. The van der Waals surface area contributed by atoms with Gasteiger partial charge in [-0.1, -0.05) is 22.9 Å². The second-order valence-corrected chi connectivity index (χ2v) is 6.73. The van der Waals surface area contributed by atoms with Gasteiger partial charge in [0.1, 0.15) is 0 Å². The second-order valence-electron chi connectivity index (χ2n) is 5.81. The van der Waals surface area contributed by atoms with E-state index < -0.39 is 11.5 Å². The summed E-state index contributed by atoms with van der Waals surface area (Å²) in [6.07, 6.45) is 3.50. The van der Waals surface area contributed by atoms with Crippen LogP contribution in [0.1, 0.15) is 35.7 Å². The van der Waals surface area contributed by atoms with Crippen LogP contribution in [-0.4, -0.2) is 28.3 Å². The number of anilines is 1. The van der Waals surface area contributed by atoms with E-state index in [1.165, 1.54) is 12.4 Å². The van der Waals surface area contributed by atoms with Crippen molar-refractivity contribution in [3.8, 4) is 0 Å². The Kier molecular flexibility index (Phi) is 4.51. The first-order valence-corrected chi connectivity index (χ1v) is 8.54. The molecule has 1 aromatic carbocycles. The number of hydrogen-bond donors (Lipinski definition) is 1. The summed E-state index contributed by atoms with van der Waals surface area (Å²) in [4.78, 5) is 30.8. The number of aliphatic hydroxyl groups is 1. The first kappa shape index (κ1) is 16.8. The molecular weight excluding hydrogens is 372 g/mol. The fraction of sp³-hybridized carbons (Fsp3) is 0.278. The molecule has 0 bridgehead atoms. The number of benzene rings is 1. The van der Waals surface area contributed by atoms with Gasteiger partial charge in [0.25, 0.3) is 5.91 Å². The molecule has 1 N–H and O–H groups in total. The van der Waals surface area contributed by atoms with Crippen molar-refractivity contribution in [3.05, 3.63) is 58.3 Å². The van der Waals surface area contributed by atoms with Crippen LogP contribution in [0.2, 0.25) is 0 Å². The van der Waals surface area contributed by atoms with E-state index in [1.54, 1.807) is 29.2 Å². The average Bonchev–Trinajstić information content (AvgIpc) is 2.78. The van der Waals surface area contributed by atoms with Crippen molar-refractivity contribution in [2.75, 3.05) is 11.4 Å². The summed E-state index contributed by atoms with van der Waals surface area (Å²) >= 11 is 3.37. The van der Waals surface area contributed by atoms with Crippen LogP contribution in [0, 0.1) is 0 Å². The van der Waals surface area contributed by atoms with Crippen molar-refractivity contribution >= 4 is 33.3 Å². The van der Waals surface area contributed by atoms with Crippen molar-refractivity contribution in [3.63, 3.8) is 0 Å². The largest absolute Gasteiger partial charge is 0.375 e. The van der Waals surface area contributed by atoms with Gasteiger partial charge in [-0.3, -0.25) is 14.6 Å². The number of hydrogen-bond acceptors (Lipinski definition) is 4. The zero-order chi connectivity index (χ0) is 17.3. The van der Waals surface area contributed by atoms with Crippen LogP contribution in [0.25, 0.3) is 0 Å². The molecular formula is C18H17BrN2O3. The SMILES string of the molecule is CCCN1C(=O)[C@@](O)(CC(=O)c2ccncc2)c2cc(Br)ccc21. The smallest absolute Gasteiger partial charge is 0.264 e. The zero-order valence-electron chi connectivity index (χ0n) is 13.2. The first-order chi connectivity index (χ1) is 11.5. The van der Waals surface area contributed by atoms with Gasteiger partial charge in [0.05, 0.1) is 12.1 Å². The topological polar surface area (TPSA) is 70.5 Å². The third-order valence-corrected chi connectivity index (χ3v) is 4.65. The molecule has 2 heterocycles. The van der Waals surface area contributed by atoms with Gasteiger partial charge in [0.15, 0.2) is 11.4 Å². The third-order valence-electron chi connectivity index (χ3n) is 4.16. The lowest BCUT2D eigenvalue weighted by Crippen LogP contribution is -2.42. The highest BCUT2D eigenvalue weighted by molar-refractivity contribution is 9.10. The molecule has 0 unspecified atom stereocenters. The fourth-order valence-electron chi connectivity index (χ4n) is 3.01. The lowest BCUT2D eigenvalue weighted by Gasteiger charge is -2.22. The van der Waals surface area contributed by atoms with Gasteiger partial charge in [-0.2, -0.15) is 0 Å². The molecule has 0 aliphatic carbocycles. The monoisotopic (exact) mass is 388 g/mol. The predicted octanol–water partition coefficient (Wildman–Crippen LogP) is 3.06. The van der Waals surface area contributed by atoms with Gasteiger partial charge in [-0.25, -0.2) is 0 Å². The van der Waals surface area contributed by atoms with Crippen LogP contribution >= 0.6 is 15.9 Å². The molecule has 1 aliphatic rings. The highest BCUT2D eigenvalue weighted by Gasteiger charge is 2.50. The lowest BCUT2D eigenvalue weighted by atomic mass is 9.88. The number of amides is 1. The lowest BCUT2D eigenvalue weighted by molar-refractivity contribution is -0.135. The summed E-state index contributed by atoms with van der Waals surface area (Å²) in [5.74, 6) is -0.739. The van der Waals surface area contributed by atoms with Crippen molar-refractivity contribution in [2.45, 2.75) is 25.4 Å². The Labute approximate surface area is 148 Å². The number of carbonyl (C=O) groups excluding carboxylic acids is 2. The van der Waals surface area contributed by atoms with Crippen LogP contribution < -0.4 is 4.90 Å². The molecule has 6 heteroatoms. The van der Waals surface area contributed by atoms with Crippen LogP contribution in [0.5, 0.6) is 0 Å². The summed E-state index contributed by atoms with van der Waals surface area (Å²) in [6.45, 7) is 2.46. The minimum atomic E-state index is -1.84. The van der Waals surface area contributed by atoms with Crippen LogP contribution in [0.3, 0.4) is 0 Å². The Balaban J connectivity index is 2.01. The average molecular weight is 389 g/mol. The Morgan fingerprint density at radius 2 is 2.00 bits per heavy atom. The maximum Gasteiger partial charge on any atom is 0.264 e. The van der Waals surface area contributed by atoms with E-state index >= 15 is 0 Å². The van der Waals surface area contributed by atoms with Gasteiger partial charge in [-0.05, 0) is 36.8 Å². The summed E-state index contributed by atoms with van der Waals surface area (Å²) in [7, 11) is 0. The number of carbonyl (C=O) groups is 2. The highest BCUT2D eigenvalue weighted by atomic mass is 79.9. The number of rotatable bonds is 5. The summed E-state index contributed by atoms with van der Waals surface area (Å²) in [5, 5.41) is 11.1. The summed E-state index contributed by atoms with van der Waals surface area (Å²) < 4.78 is 0.752. The van der Waals surface area contributed by atoms with Crippen LogP contribution in [0.15, 0.2) is 47.2 Å². The van der Waals surface area contributed by atoms with E-state index in [1.807, 2.05) is 13.0 Å². The molecule has 2 aromatic rings. The van der Waals surface area contributed by atoms with E-state index in [9.17, 15) is 14.7 Å². The van der Waals surface area contributed by atoms with E-state index in [4.69, 9.17) is 0 Å². The number of Topliss-reactive ketones (excluding diaryl/α,β-unsaturated/α-hetero) is 1. The minimum Gasteiger partial charge on any atom is -0.375 e. The fourth-order valence-corrected chi connectivity index (χ4v) is 3.37. The quantitative estimate of drug-likeness (QED) is 0.798. The van der Waals surface area contributed by atoms with Gasteiger partial charge in [-0.15, -0.1) is 0 Å². The van der Waals surface area contributed by atoms with Gasteiger partial charge in [0.2, 0.25) is 0 Å². The normalized spacial score (nSPS) is 19.5. The number of fused-ring (bicyclic) bond motifs is 1.